The summed E-state index contributed by atoms with van der Waals surface area (Å²) in [4.78, 5) is 13.8. The van der Waals surface area contributed by atoms with Crippen LogP contribution >= 0.6 is 12.4 Å². The molecule has 1 unspecified atom stereocenters. The first-order valence-corrected chi connectivity index (χ1v) is 12.6. The molecule has 0 amide bonds. The van der Waals surface area contributed by atoms with Gasteiger partial charge in [0.05, 0.1) is 32.7 Å². The van der Waals surface area contributed by atoms with Crippen molar-refractivity contribution in [3.8, 4) is 23.0 Å². The number of hydrogen-bond donors (Lipinski definition) is 1. The lowest BCUT2D eigenvalue weighted by molar-refractivity contribution is 0.0524. The number of nitrogens with zero attached hydrogens (tertiary/aromatic N) is 4. The van der Waals surface area contributed by atoms with Crippen LogP contribution in [0.25, 0.3) is 11.5 Å². The topological polar surface area (TPSA) is 97.3 Å². The van der Waals surface area contributed by atoms with Gasteiger partial charge < -0.3 is 24.5 Å². The molecule has 3 aromatic carbocycles. The average Bonchev–Trinajstić information content (AvgIpc) is 3.38. The van der Waals surface area contributed by atoms with Crippen molar-refractivity contribution in [2.45, 2.75) is 39.2 Å². The van der Waals surface area contributed by atoms with Gasteiger partial charge in [0, 0.05) is 6.42 Å². The minimum Gasteiger partial charge on any atom is -0.493 e. The molecule has 2 heterocycles. The van der Waals surface area contributed by atoms with Crippen LogP contribution in [0.2, 0.25) is 0 Å². The highest BCUT2D eigenvalue weighted by atomic mass is 35.5. The highest BCUT2D eigenvalue weighted by Crippen LogP contribution is 2.30. The highest BCUT2D eigenvalue weighted by molar-refractivity contribution is 5.85. The van der Waals surface area contributed by atoms with E-state index in [-0.39, 0.29) is 18.5 Å². The van der Waals surface area contributed by atoms with Crippen LogP contribution in [0, 0.1) is 0 Å². The van der Waals surface area contributed by atoms with E-state index in [1.54, 1.807) is 13.4 Å². The Labute approximate surface area is 234 Å². The second kappa shape index (κ2) is 13.1. The third kappa shape index (κ3) is 7.04. The molecule has 0 saturated carbocycles. The molecule has 2 aliphatic rings. The monoisotopic (exact) mass is 545 g/mol. The third-order valence-electron chi connectivity index (χ3n) is 6.20. The van der Waals surface area contributed by atoms with E-state index in [0.717, 1.165) is 16.7 Å². The summed E-state index contributed by atoms with van der Waals surface area (Å²) in [5, 5.41) is 0. The summed E-state index contributed by atoms with van der Waals surface area (Å²) in [6, 6.07) is 26.0. The molecule has 1 atom stereocenters. The molecule has 0 aromatic heterocycles. The van der Waals surface area contributed by atoms with Gasteiger partial charge >= 0.3 is 0 Å². The first-order valence-electron chi connectivity index (χ1n) is 12.6. The Kier molecular flexibility index (Phi) is 9.35. The van der Waals surface area contributed by atoms with Crippen LogP contribution in [0.5, 0.6) is 11.5 Å². The van der Waals surface area contributed by atoms with E-state index in [0.29, 0.717) is 60.8 Å². The number of nitrogens with two attached hydrogens (primary N) is 1. The number of rotatable bonds is 11. The predicted molar refractivity (Wildman–Crippen MR) is 153 cm³/mol. The van der Waals surface area contributed by atoms with Crippen molar-refractivity contribution in [1.29, 1.82) is 0 Å². The van der Waals surface area contributed by atoms with Gasteiger partial charge in [0.15, 0.2) is 28.8 Å². The van der Waals surface area contributed by atoms with Crippen LogP contribution in [0.1, 0.15) is 29.4 Å². The Bertz CT molecular complexity index is 1450. The number of hydrogen-bond acceptors (Lipinski definition) is 7. The summed E-state index contributed by atoms with van der Waals surface area (Å²) in [7, 11) is 1.64. The van der Waals surface area contributed by atoms with Gasteiger partial charge in [-0.2, -0.15) is 0 Å². The van der Waals surface area contributed by atoms with Crippen molar-refractivity contribution in [3.63, 3.8) is 0 Å². The van der Waals surface area contributed by atoms with Crippen molar-refractivity contribution in [2.24, 2.45) is 0 Å². The first kappa shape index (κ1) is 27.9. The molecule has 3 aromatic rings. The number of ether oxygens (including phenoxy) is 3. The van der Waals surface area contributed by atoms with Crippen molar-refractivity contribution < 1.29 is 14.2 Å². The molecule has 0 aliphatic carbocycles. The number of aromatic nitrogens is 4. The number of methoxy groups -OCH3 is 1. The zero-order valence-corrected chi connectivity index (χ0v) is 22.8. The second-order valence-electron chi connectivity index (χ2n) is 9.14. The van der Waals surface area contributed by atoms with Crippen LogP contribution in [-0.2, 0) is 30.9 Å². The maximum Gasteiger partial charge on any atom is 0.166 e. The smallest absolute Gasteiger partial charge is 0.166 e. The quantitative estimate of drug-likeness (QED) is 0.232. The van der Waals surface area contributed by atoms with Crippen molar-refractivity contribution >= 4 is 18.2 Å². The molecule has 0 saturated heterocycles. The van der Waals surface area contributed by atoms with E-state index in [4.69, 9.17) is 24.9 Å². The summed E-state index contributed by atoms with van der Waals surface area (Å²) < 4.78 is 19.6. The number of imidazole rings is 1. The third-order valence-corrected chi connectivity index (χ3v) is 6.20. The van der Waals surface area contributed by atoms with Gasteiger partial charge in [-0.05, 0) is 35.7 Å². The lowest BCUT2D eigenvalue weighted by atomic mass is 10.2. The number of benzene rings is 3. The molecule has 0 spiro atoms. The molecule has 0 radical (unpaired) electrons. The van der Waals surface area contributed by atoms with Gasteiger partial charge in [0.25, 0.3) is 0 Å². The molecule has 0 fully saturated rings. The zero-order chi connectivity index (χ0) is 26.3. The van der Waals surface area contributed by atoms with Gasteiger partial charge in [0.2, 0.25) is 0 Å². The summed E-state index contributed by atoms with van der Waals surface area (Å²) >= 11 is 0. The van der Waals surface area contributed by atoms with Crippen LogP contribution in [0.4, 0.5) is 5.82 Å². The van der Waals surface area contributed by atoms with Crippen LogP contribution in [0.3, 0.4) is 0 Å². The summed E-state index contributed by atoms with van der Waals surface area (Å²) in [5.41, 5.74) is 9.97. The molecular weight excluding hydrogens is 514 g/mol. The Balaban J connectivity index is 0.00000353. The van der Waals surface area contributed by atoms with Gasteiger partial charge in [-0.15, -0.1) is 12.4 Å². The predicted octanol–water partition coefficient (Wildman–Crippen LogP) is 5.57. The standard InChI is InChI=1S/C30H31N5O3.ClH/c1-21(37-18-22-9-5-3-6-10-22)15-27-33-28-29(31)32-20-35(30(28)34-27)17-24-13-14-25(36-2)26(16-24)38-19-23-11-7-4-8-12-23;/h3-14,16,20-21H,15,17-19,31H2,1-2H3;1H. The second-order valence-corrected chi connectivity index (χ2v) is 9.14. The number of halogens is 1. The number of nitrogen functional groups attached to an aromatic ring is 1. The minimum absolute atomic E-state index is 0. The van der Waals surface area contributed by atoms with Crippen molar-refractivity contribution in [1.82, 2.24) is 19.5 Å². The van der Waals surface area contributed by atoms with E-state index in [1.165, 1.54) is 0 Å². The van der Waals surface area contributed by atoms with E-state index >= 15 is 0 Å². The fourth-order valence-corrected chi connectivity index (χ4v) is 4.20. The lowest BCUT2D eigenvalue weighted by Crippen LogP contribution is -2.12. The van der Waals surface area contributed by atoms with Crippen molar-refractivity contribution in [3.05, 3.63) is 108 Å². The molecule has 2 aliphatic heterocycles. The Hall–Kier alpha value is -4.14. The van der Waals surface area contributed by atoms with Crippen LogP contribution < -0.4 is 15.2 Å². The molecule has 202 valence electrons. The molecule has 39 heavy (non-hydrogen) atoms. The van der Waals surface area contributed by atoms with E-state index < -0.39 is 0 Å². The molecule has 5 rings (SSSR count). The summed E-state index contributed by atoms with van der Waals surface area (Å²) in [6.45, 7) is 3.53. The number of fused-ring (bicyclic) bond motifs is 1. The van der Waals surface area contributed by atoms with Gasteiger partial charge in [-0.25, -0.2) is 15.0 Å². The normalized spacial score (nSPS) is 11.6. The van der Waals surface area contributed by atoms with Crippen LogP contribution in [0.15, 0.2) is 85.2 Å². The molecule has 9 heteroatoms. The first-order chi connectivity index (χ1) is 18.6. The largest absolute Gasteiger partial charge is 0.493 e. The highest BCUT2D eigenvalue weighted by Gasteiger charge is 2.20. The maximum absolute atomic E-state index is 6.16. The molecule has 2 N–H and O–H groups in total. The fourth-order valence-electron chi connectivity index (χ4n) is 4.20. The van der Waals surface area contributed by atoms with E-state index in [1.807, 2.05) is 90.4 Å². The summed E-state index contributed by atoms with van der Waals surface area (Å²) in [6.07, 6.45) is 2.21. The Morgan fingerprint density at radius 3 is 2.23 bits per heavy atom. The minimum atomic E-state index is -0.0550. The van der Waals surface area contributed by atoms with E-state index in [2.05, 4.69) is 9.97 Å². The lowest BCUT2D eigenvalue weighted by Gasteiger charge is -2.15. The molecule has 0 bridgehead atoms. The van der Waals surface area contributed by atoms with Gasteiger partial charge in [-0.3, -0.25) is 0 Å². The maximum atomic E-state index is 6.16. The van der Waals surface area contributed by atoms with E-state index in [9.17, 15) is 0 Å². The Morgan fingerprint density at radius 1 is 0.846 bits per heavy atom. The van der Waals surface area contributed by atoms with Gasteiger partial charge in [-0.1, -0.05) is 66.7 Å². The molecule has 8 nitrogen and oxygen atoms in total. The average molecular weight is 546 g/mol. The van der Waals surface area contributed by atoms with Crippen molar-refractivity contribution in [2.75, 3.05) is 12.8 Å². The zero-order valence-electron chi connectivity index (χ0n) is 22.0. The SMILES string of the molecule is COc1ccc(Cn2cnc(N)c3nc(CC(C)OCc4ccccc4)nc2-3)cc1OCc1ccccc1.Cl. The summed E-state index contributed by atoms with van der Waals surface area (Å²) in [5.74, 6) is 3.07. The Morgan fingerprint density at radius 2 is 1.54 bits per heavy atom. The number of anilines is 1. The van der Waals surface area contributed by atoms with Gasteiger partial charge in [0.1, 0.15) is 12.4 Å². The van der Waals surface area contributed by atoms with Crippen LogP contribution in [-0.4, -0.2) is 32.7 Å². The fraction of sp³-hybridized carbons (Fsp3) is 0.233. The molecular formula is C30H32ClN5O3.